The molecule has 0 fully saturated rings. The van der Waals surface area contributed by atoms with E-state index in [1.54, 1.807) is 61.8 Å². The molecule has 1 aromatic heterocycles. The molecule has 0 radical (unpaired) electrons. The van der Waals surface area contributed by atoms with Gasteiger partial charge in [-0.2, -0.15) is 0 Å². The topological polar surface area (TPSA) is 71.1 Å². The molecule has 176 valence electrons. The summed E-state index contributed by atoms with van der Waals surface area (Å²) in [6, 6.07) is 18.1. The molecule has 2 N–H and O–H groups in total. The lowest BCUT2D eigenvalue weighted by Crippen LogP contribution is -2.23. The average molecular weight is 488 g/mol. The van der Waals surface area contributed by atoms with E-state index in [9.17, 15) is 14.0 Å². The molecule has 0 spiro atoms. The van der Waals surface area contributed by atoms with Crippen molar-refractivity contribution in [3.63, 3.8) is 0 Å². The lowest BCUT2D eigenvalue weighted by molar-refractivity contribution is 0.0951. The minimum Gasteiger partial charge on any atom is -0.355 e. The van der Waals surface area contributed by atoms with E-state index in [1.807, 2.05) is 19.1 Å². The summed E-state index contributed by atoms with van der Waals surface area (Å²) in [5, 5.41) is 6.31. The molecule has 0 atom stereocenters. The molecule has 5 nitrogen and oxygen atoms in total. The van der Waals surface area contributed by atoms with Crippen molar-refractivity contribution < 1.29 is 14.0 Å². The summed E-state index contributed by atoms with van der Waals surface area (Å²) >= 11 is 6.47. The van der Waals surface area contributed by atoms with Crippen LogP contribution in [0.1, 0.15) is 43.0 Å². The molecule has 0 unspecified atom stereocenters. The molecule has 3 aromatic carbocycles. The fraction of sp³-hybridized carbons (Fsp3) is 0.107. The number of aryl methyl sites for hydroxylation is 2. The third-order valence-electron chi connectivity index (χ3n) is 5.63. The number of carbonyl (C=O) groups is 2. The van der Waals surface area contributed by atoms with Gasteiger partial charge in [-0.1, -0.05) is 17.7 Å². The monoisotopic (exact) mass is 487 g/mol. The number of nitrogens with zero attached hydrogens (tertiary/aromatic N) is 1. The molecule has 0 aliphatic carbocycles. The van der Waals surface area contributed by atoms with Gasteiger partial charge in [0.2, 0.25) is 0 Å². The Morgan fingerprint density at radius 1 is 0.886 bits per heavy atom. The van der Waals surface area contributed by atoms with Crippen LogP contribution in [0, 0.1) is 19.7 Å². The first-order valence-corrected chi connectivity index (χ1v) is 11.3. The van der Waals surface area contributed by atoms with Gasteiger partial charge in [0.05, 0.1) is 5.02 Å². The Labute approximate surface area is 208 Å². The fourth-order valence-electron chi connectivity index (χ4n) is 3.64. The molecule has 0 aliphatic rings. The molecule has 0 aliphatic heterocycles. The number of halogens is 2. The number of aromatic nitrogens is 1. The van der Waals surface area contributed by atoms with E-state index in [0.29, 0.717) is 28.9 Å². The maximum atomic E-state index is 13.4. The van der Waals surface area contributed by atoms with E-state index < -0.39 is 0 Å². The van der Waals surface area contributed by atoms with Gasteiger partial charge in [0.15, 0.2) is 5.78 Å². The minimum absolute atomic E-state index is 0.270. The van der Waals surface area contributed by atoms with Crippen molar-refractivity contribution in [3.8, 4) is 0 Å². The van der Waals surface area contributed by atoms with E-state index in [4.69, 9.17) is 11.6 Å². The summed E-state index contributed by atoms with van der Waals surface area (Å²) in [4.78, 5) is 30.0. The van der Waals surface area contributed by atoms with Gasteiger partial charge in [-0.05, 0) is 91.2 Å². The van der Waals surface area contributed by atoms with Crippen LogP contribution in [0.4, 0.5) is 15.8 Å². The normalized spacial score (nSPS) is 10.6. The molecular formula is C28H23ClFN3O2. The predicted octanol–water partition coefficient (Wildman–Crippen LogP) is 6.40. The van der Waals surface area contributed by atoms with Gasteiger partial charge < -0.3 is 10.6 Å². The third kappa shape index (κ3) is 5.73. The fourth-order valence-corrected chi connectivity index (χ4v) is 3.90. The first-order valence-electron chi connectivity index (χ1n) is 11.0. The molecule has 4 rings (SSSR count). The zero-order valence-electron chi connectivity index (χ0n) is 19.2. The Hall–Kier alpha value is -4.03. The highest BCUT2D eigenvalue weighted by Gasteiger charge is 2.18. The summed E-state index contributed by atoms with van der Waals surface area (Å²) in [5.74, 6) is -0.868. The Kier molecular flexibility index (Phi) is 7.22. The Bertz CT molecular complexity index is 1410. The average Bonchev–Trinajstić information content (AvgIpc) is 2.85. The highest BCUT2D eigenvalue weighted by molar-refractivity contribution is 6.35. The second kappa shape index (κ2) is 10.5. The molecule has 0 saturated heterocycles. The molecule has 4 aromatic rings. The third-order valence-corrected chi connectivity index (χ3v) is 5.94. The van der Waals surface area contributed by atoms with E-state index in [-0.39, 0.29) is 22.5 Å². The standard InChI is InChI=1S/C28H23ClFN3O2/c1-17-3-4-20(28(35)32-16-19-9-11-31-12-10-19)14-24(17)27(34)23-7-6-22(15-25(23)29)33-26-8-5-21(30)13-18(26)2/h3-15,33H,16H2,1-2H3,(H,32,35). The summed E-state index contributed by atoms with van der Waals surface area (Å²) in [7, 11) is 0. The quantitative estimate of drug-likeness (QED) is 0.296. The van der Waals surface area contributed by atoms with Crippen LogP contribution in [0.3, 0.4) is 0 Å². The number of rotatable bonds is 7. The van der Waals surface area contributed by atoms with Crippen molar-refractivity contribution in [1.29, 1.82) is 0 Å². The lowest BCUT2D eigenvalue weighted by Gasteiger charge is -2.13. The van der Waals surface area contributed by atoms with E-state index >= 15 is 0 Å². The van der Waals surface area contributed by atoms with Crippen molar-refractivity contribution >= 4 is 34.7 Å². The van der Waals surface area contributed by atoms with Gasteiger partial charge in [-0.3, -0.25) is 14.6 Å². The number of nitrogens with one attached hydrogen (secondary N) is 2. The SMILES string of the molecule is Cc1cc(F)ccc1Nc1ccc(C(=O)c2cc(C(=O)NCc3ccncc3)ccc2C)c(Cl)c1. The van der Waals surface area contributed by atoms with Crippen LogP contribution in [-0.2, 0) is 6.54 Å². The second-order valence-corrected chi connectivity index (χ2v) is 8.58. The van der Waals surface area contributed by atoms with Gasteiger partial charge in [0.1, 0.15) is 5.82 Å². The Morgan fingerprint density at radius 3 is 2.37 bits per heavy atom. The minimum atomic E-state index is -0.310. The largest absolute Gasteiger partial charge is 0.355 e. The first kappa shape index (κ1) is 24.1. The number of hydrogen-bond donors (Lipinski definition) is 2. The van der Waals surface area contributed by atoms with Crippen LogP contribution < -0.4 is 10.6 Å². The first-order chi connectivity index (χ1) is 16.8. The second-order valence-electron chi connectivity index (χ2n) is 8.18. The summed E-state index contributed by atoms with van der Waals surface area (Å²) in [6.07, 6.45) is 3.32. The number of hydrogen-bond acceptors (Lipinski definition) is 4. The molecular weight excluding hydrogens is 465 g/mol. The highest BCUT2D eigenvalue weighted by atomic mass is 35.5. The number of benzene rings is 3. The Morgan fingerprint density at radius 2 is 1.66 bits per heavy atom. The van der Waals surface area contributed by atoms with Gasteiger partial charge in [-0.25, -0.2) is 4.39 Å². The van der Waals surface area contributed by atoms with Crippen LogP contribution in [0.2, 0.25) is 5.02 Å². The number of pyridine rings is 1. The van der Waals surface area contributed by atoms with Gasteiger partial charge in [-0.15, -0.1) is 0 Å². The summed E-state index contributed by atoms with van der Waals surface area (Å²) < 4.78 is 13.4. The van der Waals surface area contributed by atoms with Crippen LogP contribution in [0.15, 0.2) is 79.1 Å². The molecule has 1 amide bonds. The number of anilines is 2. The highest BCUT2D eigenvalue weighted by Crippen LogP contribution is 2.28. The van der Waals surface area contributed by atoms with Crippen molar-refractivity contribution in [1.82, 2.24) is 10.3 Å². The van der Waals surface area contributed by atoms with E-state index in [2.05, 4.69) is 15.6 Å². The molecule has 1 heterocycles. The zero-order chi connectivity index (χ0) is 24.9. The maximum Gasteiger partial charge on any atom is 0.251 e. The number of amides is 1. The molecule has 7 heteroatoms. The van der Waals surface area contributed by atoms with Crippen LogP contribution in [-0.4, -0.2) is 16.7 Å². The van der Waals surface area contributed by atoms with Crippen LogP contribution in [0.5, 0.6) is 0 Å². The van der Waals surface area contributed by atoms with Crippen molar-refractivity contribution in [2.24, 2.45) is 0 Å². The van der Waals surface area contributed by atoms with Gasteiger partial charge in [0, 0.05) is 47.0 Å². The zero-order valence-corrected chi connectivity index (χ0v) is 20.0. The van der Waals surface area contributed by atoms with Crippen molar-refractivity contribution in [3.05, 3.63) is 123 Å². The predicted molar refractivity (Wildman–Crippen MR) is 136 cm³/mol. The number of carbonyl (C=O) groups excluding carboxylic acids is 2. The van der Waals surface area contributed by atoms with Gasteiger partial charge >= 0.3 is 0 Å². The molecule has 35 heavy (non-hydrogen) atoms. The van der Waals surface area contributed by atoms with Crippen LogP contribution >= 0.6 is 11.6 Å². The number of ketones is 1. The lowest BCUT2D eigenvalue weighted by atomic mass is 9.96. The summed E-state index contributed by atoms with van der Waals surface area (Å²) in [5.41, 5.74) is 4.92. The smallest absolute Gasteiger partial charge is 0.251 e. The van der Waals surface area contributed by atoms with Crippen molar-refractivity contribution in [2.75, 3.05) is 5.32 Å². The van der Waals surface area contributed by atoms with Gasteiger partial charge in [0.25, 0.3) is 5.91 Å². The Balaban J connectivity index is 1.52. The van der Waals surface area contributed by atoms with E-state index in [1.165, 1.54) is 12.1 Å². The van der Waals surface area contributed by atoms with Crippen molar-refractivity contribution in [2.45, 2.75) is 20.4 Å². The summed E-state index contributed by atoms with van der Waals surface area (Å²) in [6.45, 7) is 3.97. The maximum absolute atomic E-state index is 13.4. The molecule has 0 bridgehead atoms. The van der Waals surface area contributed by atoms with Crippen LogP contribution in [0.25, 0.3) is 0 Å². The van der Waals surface area contributed by atoms with E-state index in [0.717, 1.165) is 22.4 Å². The molecule has 0 saturated carbocycles.